The van der Waals surface area contributed by atoms with Crippen LogP contribution in [-0.4, -0.2) is 67.5 Å². The van der Waals surface area contributed by atoms with E-state index in [1.54, 1.807) is 30.3 Å². The minimum Gasteiger partial charge on any atom is -0.503 e. The van der Waals surface area contributed by atoms with Crippen LogP contribution in [0.5, 0.6) is 11.5 Å². The van der Waals surface area contributed by atoms with E-state index in [4.69, 9.17) is 13.9 Å². The second-order valence-corrected chi connectivity index (χ2v) is 8.29. The van der Waals surface area contributed by atoms with Crippen LogP contribution in [-0.2, 0) is 4.79 Å². The zero-order valence-electron chi connectivity index (χ0n) is 19.7. The Kier molecular flexibility index (Phi) is 6.61. The molecular weight excluding hydrogens is 436 g/mol. The predicted octanol–water partition coefficient (Wildman–Crippen LogP) is 3.98. The molecule has 0 unspecified atom stereocenters. The quantitative estimate of drug-likeness (QED) is 0.479. The van der Waals surface area contributed by atoms with Crippen molar-refractivity contribution >= 4 is 22.7 Å². The Balaban J connectivity index is 1.80. The Morgan fingerprint density at radius 1 is 1.15 bits per heavy atom. The fraction of sp³-hybridized carbons (Fsp3) is 0.308. The number of hydrogen-bond donors (Lipinski definition) is 1. The molecule has 0 fully saturated rings. The molecule has 1 N–H and O–H groups in total. The highest BCUT2D eigenvalue weighted by Crippen LogP contribution is 2.42. The van der Waals surface area contributed by atoms with Gasteiger partial charge in [-0.3, -0.25) is 9.59 Å². The summed E-state index contributed by atoms with van der Waals surface area (Å²) in [5.74, 6) is -0.612. The van der Waals surface area contributed by atoms with E-state index in [-0.39, 0.29) is 11.3 Å². The van der Waals surface area contributed by atoms with Crippen molar-refractivity contribution in [2.45, 2.75) is 13.0 Å². The van der Waals surface area contributed by atoms with Crippen molar-refractivity contribution in [2.75, 3.05) is 40.9 Å². The zero-order valence-corrected chi connectivity index (χ0v) is 19.7. The number of aliphatic hydroxyl groups is 1. The fourth-order valence-electron chi connectivity index (χ4n) is 4.13. The van der Waals surface area contributed by atoms with E-state index in [0.29, 0.717) is 42.3 Å². The molecule has 178 valence electrons. The van der Waals surface area contributed by atoms with Crippen LogP contribution in [0.1, 0.15) is 29.1 Å². The van der Waals surface area contributed by atoms with Gasteiger partial charge in [-0.25, -0.2) is 0 Å². The number of para-hydroxylation sites is 1. The number of aliphatic hydroxyl groups excluding tert-OH is 1. The van der Waals surface area contributed by atoms with Crippen molar-refractivity contribution in [3.8, 4) is 11.5 Å². The third-order valence-electron chi connectivity index (χ3n) is 5.79. The number of likely N-dealkylation sites (N-methyl/N-ethyl adjacent to an activating group) is 1. The summed E-state index contributed by atoms with van der Waals surface area (Å²) in [7, 11) is 5.31. The number of furan rings is 1. The monoisotopic (exact) mass is 464 g/mol. The van der Waals surface area contributed by atoms with E-state index < -0.39 is 23.5 Å². The molecule has 0 bridgehead atoms. The van der Waals surface area contributed by atoms with Gasteiger partial charge >= 0.3 is 0 Å². The summed E-state index contributed by atoms with van der Waals surface area (Å²) in [6.45, 7) is 3.20. The van der Waals surface area contributed by atoms with Crippen LogP contribution < -0.4 is 9.47 Å². The maximum Gasteiger partial charge on any atom is 0.290 e. The second-order valence-electron chi connectivity index (χ2n) is 8.29. The van der Waals surface area contributed by atoms with E-state index in [2.05, 4.69) is 0 Å². The average molecular weight is 465 g/mol. The minimum atomic E-state index is -0.808. The maximum absolute atomic E-state index is 13.6. The van der Waals surface area contributed by atoms with Crippen LogP contribution >= 0.6 is 0 Å². The van der Waals surface area contributed by atoms with Gasteiger partial charge in [0.15, 0.2) is 23.0 Å². The fourth-order valence-corrected chi connectivity index (χ4v) is 4.13. The van der Waals surface area contributed by atoms with Crippen LogP contribution in [0.25, 0.3) is 11.0 Å². The number of Topliss-reactive ketones (excluding diaryl/α,β-unsaturated/α-hetero) is 1. The van der Waals surface area contributed by atoms with Gasteiger partial charge in [-0.15, -0.1) is 0 Å². The standard InChI is InChI=1S/C26H28N2O6/c1-5-33-19-11-10-17(15-20(19)32-4)23-22(25(30)26(31)28(23)13-12-27(2)3)24(29)21-14-16-8-6-7-9-18(16)34-21/h6-11,14-15,23,30H,5,12-13H2,1-4H3/t23-/m0/s1. The molecule has 1 aromatic heterocycles. The van der Waals surface area contributed by atoms with Gasteiger partial charge in [-0.1, -0.05) is 24.3 Å². The Labute approximate surface area is 198 Å². The lowest BCUT2D eigenvalue weighted by Crippen LogP contribution is -2.36. The average Bonchev–Trinajstić information content (AvgIpc) is 3.37. The number of ether oxygens (including phenoxy) is 2. The van der Waals surface area contributed by atoms with Gasteiger partial charge < -0.3 is 28.8 Å². The normalized spacial score (nSPS) is 16.1. The molecule has 3 aromatic rings. The molecule has 0 spiro atoms. The van der Waals surface area contributed by atoms with Crippen LogP contribution in [0.2, 0.25) is 0 Å². The predicted molar refractivity (Wildman–Crippen MR) is 127 cm³/mol. The molecule has 1 aliphatic heterocycles. The molecule has 4 rings (SSSR count). The molecular formula is C26H28N2O6. The number of fused-ring (bicyclic) bond motifs is 1. The molecule has 0 saturated heterocycles. The number of amides is 1. The van der Waals surface area contributed by atoms with Crippen LogP contribution in [0.4, 0.5) is 0 Å². The zero-order chi connectivity index (χ0) is 24.4. The molecule has 0 radical (unpaired) electrons. The third-order valence-corrected chi connectivity index (χ3v) is 5.79. The van der Waals surface area contributed by atoms with E-state index in [9.17, 15) is 14.7 Å². The Morgan fingerprint density at radius 3 is 2.59 bits per heavy atom. The number of ketones is 1. The van der Waals surface area contributed by atoms with Crippen LogP contribution in [0.15, 0.2) is 64.3 Å². The van der Waals surface area contributed by atoms with Gasteiger partial charge in [0.1, 0.15) is 5.58 Å². The largest absolute Gasteiger partial charge is 0.503 e. The number of carbonyl (C=O) groups excluding carboxylic acids is 2. The van der Waals surface area contributed by atoms with Gasteiger partial charge in [-0.2, -0.15) is 0 Å². The molecule has 0 aliphatic carbocycles. The van der Waals surface area contributed by atoms with Gasteiger partial charge in [0.2, 0.25) is 5.78 Å². The van der Waals surface area contributed by atoms with Crippen molar-refractivity contribution in [3.05, 3.63) is 71.2 Å². The van der Waals surface area contributed by atoms with Gasteiger partial charge in [-0.05, 0) is 50.8 Å². The van der Waals surface area contributed by atoms with Crippen LogP contribution in [0.3, 0.4) is 0 Å². The lowest BCUT2D eigenvalue weighted by Gasteiger charge is -2.28. The highest BCUT2D eigenvalue weighted by Gasteiger charge is 2.44. The van der Waals surface area contributed by atoms with E-state index in [1.807, 2.05) is 44.1 Å². The SMILES string of the molecule is CCOc1ccc([C@H]2C(C(=O)c3cc4ccccc4o3)=C(O)C(=O)N2CCN(C)C)cc1OC. The van der Waals surface area contributed by atoms with Crippen molar-refractivity contribution in [2.24, 2.45) is 0 Å². The molecule has 2 aromatic carbocycles. The van der Waals surface area contributed by atoms with Crippen molar-refractivity contribution in [3.63, 3.8) is 0 Å². The van der Waals surface area contributed by atoms with Crippen molar-refractivity contribution in [1.82, 2.24) is 9.80 Å². The summed E-state index contributed by atoms with van der Waals surface area (Å²) in [4.78, 5) is 30.1. The Bertz CT molecular complexity index is 1230. The van der Waals surface area contributed by atoms with Crippen molar-refractivity contribution in [1.29, 1.82) is 0 Å². The van der Waals surface area contributed by atoms with Gasteiger partial charge in [0, 0.05) is 18.5 Å². The topological polar surface area (TPSA) is 92.5 Å². The molecule has 1 aliphatic rings. The molecule has 34 heavy (non-hydrogen) atoms. The number of methoxy groups -OCH3 is 1. The molecule has 8 heteroatoms. The summed E-state index contributed by atoms with van der Waals surface area (Å²) >= 11 is 0. The van der Waals surface area contributed by atoms with E-state index >= 15 is 0 Å². The summed E-state index contributed by atoms with van der Waals surface area (Å²) in [6.07, 6.45) is 0. The van der Waals surface area contributed by atoms with E-state index in [1.165, 1.54) is 12.0 Å². The lowest BCUT2D eigenvalue weighted by molar-refractivity contribution is -0.129. The Morgan fingerprint density at radius 2 is 1.91 bits per heavy atom. The second kappa shape index (κ2) is 9.61. The number of rotatable bonds is 9. The number of nitrogens with zero attached hydrogens (tertiary/aromatic N) is 2. The molecule has 0 saturated carbocycles. The molecule has 2 heterocycles. The summed E-state index contributed by atoms with van der Waals surface area (Å²) in [5, 5.41) is 11.6. The lowest BCUT2D eigenvalue weighted by atomic mass is 9.94. The summed E-state index contributed by atoms with van der Waals surface area (Å²) < 4.78 is 16.9. The van der Waals surface area contributed by atoms with Crippen molar-refractivity contribution < 1.29 is 28.6 Å². The highest BCUT2D eigenvalue weighted by atomic mass is 16.5. The smallest absolute Gasteiger partial charge is 0.290 e. The summed E-state index contributed by atoms with van der Waals surface area (Å²) in [5.41, 5.74) is 1.16. The Hall–Kier alpha value is -3.78. The molecule has 8 nitrogen and oxygen atoms in total. The number of carbonyl (C=O) groups is 2. The first-order chi connectivity index (χ1) is 16.3. The first kappa shape index (κ1) is 23.4. The summed E-state index contributed by atoms with van der Waals surface area (Å²) in [6, 6.07) is 13.3. The minimum absolute atomic E-state index is 0.0194. The first-order valence-electron chi connectivity index (χ1n) is 11.1. The first-order valence-corrected chi connectivity index (χ1v) is 11.1. The molecule has 1 amide bonds. The van der Waals surface area contributed by atoms with Gasteiger partial charge in [0.25, 0.3) is 5.91 Å². The maximum atomic E-state index is 13.6. The van der Waals surface area contributed by atoms with Gasteiger partial charge in [0.05, 0.1) is 25.3 Å². The van der Waals surface area contributed by atoms with Crippen LogP contribution in [0, 0.1) is 0 Å². The number of hydrogen-bond acceptors (Lipinski definition) is 7. The third kappa shape index (κ3) is 4.24. The van der Waals surface area contributed by atoms with E-state index in [0.717, 1.165) is 5.39 Å². The number of benzene rings is 2. The highest BCUT2D eigenvalue weighted by molar-refractivity contribution is 6.16. The molecule has 1 atom stereocenters.